The third-order valence-corrected chi connectivity index (χ3v) is 7.71. The number of aromatic nitrogens is 1. The third-order valence-electron chi connectivity index (χ3n) is 7.36. The van der Waals surface area contributed by atoms with Crippen LogP contribution in [0.2, 0.25) is 5.02 Å². The molecule has 10 heteroatoms. The van der Waals surface area contributed by atoms with Crippen LogP contribution in [0, 0.1) is 11.3 Å². The van der Waals surface area contributed by atoms with E-state index in [1.165, 1.54) is 6.08 Å². The van der Waals surface area contributed by atoms with Gasteiger partial charge in [0.2, 0.25) is 5.91 Å². The topological polar surface area (TPSA) is 110 Å². The SMILES string of the molecule is C=CC(=O)N1CCN2C(=O)c3c(N4CC(O)CC4(C)C)nc(-c4ccccc4C#N)c(Cl)c3OC[C@H]2C1. The number of carbonyl (C=O) groups excluding carboxylic acids is 2. The highest BCUT2D eigenvalue weighted by Crippen LogP contribution is 2.46. The van der Waals surface area contributed by atoms with Gasteiger partial charge in [-0.25, -0.2) is 4.98 Å². The molecule has 37 heavy (non-hydrogen) atoms. The van der Waals surface area contributed by atoms with Gasteiger partial charge in [-0.15, -0.1) is 0 Å². The number of aliphatic hydroxyl groups excluding tert-OH is 1. The van der Waals surface area contributed by atoms with Gasteiger partial charge in [0.25, 0.3) is 5.91 Å². The second-order valence-electron chi connectivity index (χ2n) is 10.2. The van der Waals surface area contributed by atoms with E-state index in [1.54, 1.807) is 34.1 Å². The normalized spacial score (nSPS) is 22.5. The molecule has 2 amide bonds. The zero-order valence-electron chi connectivity index (χ0n) is 20.8. The van der Waals surface area contributed by atoms with E-state index in [4.69, 9.17) is 21.3 Å². The second-order valence-corrected chi connectivity index (χ2v) is 10.6. The molecule has 2 aromatic rings. The van der Waals surface area contributed by atoms with Crippen molar-refractivity contribution in [1.82, 2.24) is 14.8 Å². The Balaban J connectivity index is 1.69. The number of fused-ring (bicyclic) bond motifs is 2. The molecular weight excluding hydrogens is 494 g/mol. The molecule has 0 radical (unpaired) electrons. The van der Waals surface area contributed by atoms with Gasteiger partial charge in [0.1, 0.15) is 23.0 Å². The number of aliphatic hydroxyl groups is 1. The summed E-state index contributed by atoms with van der Waals surface area (Å²) in [7, 11) is 0. The number of carbonyl (C=O) groups is 2. The Morgan fingerprint density at radius 3 is 2.76 bits per heavy atom. The molecular formula is C27H28ClN5O4. The first-order valence-electron chi connectivity index (χ1n) is 12.2. The van der Waals surface area contributed by atoms with Gasteiger partial charge in [0.05, 0.1) is 29.5 Å². The number of hydrogen-bond donors (Lipinski definition) is 1. The highest BCUT2D eigenvalue weighted by Gasteiger charge is 2.45. The number of rotatable bonds is 3. The summed E-state index contributed by atoms with van der Waals surface area (Å²) < 4.78 is 6.24. The first-order chi connectivity index (χ1) is 17.7. The molecule has 2 atom stereocenters. The molecule has 1 unspecified atom stereocenters. The molecule has 192 valence electrons. The van der Waals surface area contributed by atoms with E-state index in [2.05, 4.69) is 12.6 Å². The number of nitriles is 1. The van der Waals surface area contributed by atoms with Crippen molar-refractivity contribution in [2.75, 3.05) is 37.7 Å². The summed E-state index contributed by atoms with van der Waals surface area (Å²) in [6, 6.07) is 8.79. The van der Waals surface area contributed by atoms with Gasteiger partial charge in [0.15, 0.2) is 5.75 Å². The Hall–Kier alpha value is -3.61. The van der Waals surface area contributed by atoms with Crippen LogP contribution < -0.4 is 9.64 Å². The van der Waals surface area contributed by atoms with Crippen molar-refractivity contribution in [3.05, 3.63) is 53.1 Å². The van der Waals surface area contributed by atoms with Crippen molar-refractivity contribution in [3.63, 3.8) is 0 Å². The highest BCUT2D eigenvalue weighted by molar-refractivity contribution is 6.35. The summed E-state index contributed by atoms with van der Waals surface area (Å²) in [5, 5.41) is 20.4. The number of pyridine rings is 1. The number of amides is 2. The minimum absolute atomic E-state index is 0.133. The molecule has 3 aliphatic rings. The lowest BCUT2D eigenvalue weighted by Crippen LogP contribution is -2.57. The largest absolute Gasteiger partial charge is 0.489 e. The van der Waals surface area contributed by atoms with E-state index in [0.717, 1.165) is 0 Å². The molecule has 5 rings (SSSR count). The fourth-order valence-electron chi connectivity index (χ4n) is 5.52. The van der Waals surface area contributed by atoms with Gasteiger partial charge in [-0.05, 0) is 32.4 Å². The van der Waals surface area contributed by atoms with Crippen LogP contribution in [0.3, 0.4) is 0 Å². The summed E-state index contributed by atoms with van der Waals surface area (Å²) in [6.07, 6.45) is 1.17. The number of anilines is 1. The molecule has 0 saturated carbocycles. The lowest BCUT2D eigenvalue weighted by Gasteiger charge is -2.40. The van der Waals surface area contributed by atoms with E-state index in [9.17, 15) is 20.0 Å². The van der Waals surface area contributed by atoms with Gasteiger partial charge >= 0.3 is 0 Å². The van der Waals surface area contributed by atoms with Crippen LogP contribution in [0.1, 0.15) is 36.2 Å². The number of halogens is 1. The fourth-order valence-corrected chi connectivity index (χ4v) is 5.81. The van der Waals surface area contributed by atoms with E-state index >= 15 is 0 Å². The third kappa shape index (κ3) is 4.20. The summed E-state index contributed by atoms with van der Waals surface area (Å²) in [5.41, 5.74) is 0.982. The zero-order valence-corrected chi connectivity index (χ0v) is 21.5. The standard InChI is InChI=1S/C27H28ClN5O4/c1-4-20(35)31-9-10-32-17(13-31)15-37-24-21(26(32)36)25(33-14-18(34)11-27(33,2)3)30-23(22(24)28)19-8-6-5-7-16(19)12-29/h4-8,17-18,34H,1,9-11,13-15H2,2-3H3/t17-,18?/m1/s1. The van der Waals surface area contributed by atoms with Crippen LogP contribution in [0.5, 0.6) is 5.75 Å². The molecule has 2 fully saturated rings. The lowest BCUT2D eigenvalue weighted by atomic mass is 9.99. The molecule has 0 aliphatic carbocycles. The van der Waals surface area contributed by atoms with Gasteiger partial charge in [-0.3, -0.25) is 9.59 Å². The number of piperazine rings is 1. The lowest BCUT2D eigenvalue weighted by molar-refractivity contribution is -0.128. The summed E-state index contributed by atoms with van der Waals surface area (Å²) in [4.78, 5) is 36.5. The zero-order chi connectivity index (χ0) is 26.5. The predicted octanol–water partition coefficient (Wildman–Crippen LogP) is 2.85. The summed E-state index contributed by atoms with van der Waals surface area (Å²) in [5.74, 6) is 0.0777. The summed E-state index contributed by atoms with van der Waals surface area (Å²) >= 11 is 6.89. The monoisotopic (exact) mass is 521 g/mol. The smallest absolute Gasteiger partial charge is 0.261 e. The van der Waals surface area contributed by atoms with E-state index in [-0.39, 0.29) is 47.3 Å². The maximum Gasteiger partial charge on any atom is 0.261 e. The Morgan fingerprint density at radius 1 is 1.32 bits per heavy atom. The minimum Gasteiger partial charge on any atom is -0.489 e. The van der Waals surface area contributed by atoms with Crippen LogP contribution in [0.15, 0.2) is 36.9 Å². The maximum atomic E-state index is 14.1. The van der Waals surface area contributed by atoms with Crippen molar-refractivity contribution in [3.8, 4) is 23.1 Å². The van der Waals surface area contributed by atoms with Crippen LogP contribution in [0.4, 0.5) is 5.82 Å². The molecule has 3 aliphatic heterocycles. The van der Waals surface area contributed by atoms with Crippen LogP contribution in [-0.2, 0) is 4.79 Å². The Bertz CT molecular complexity index is 1340. The number of hydrogen-bond acceptors (Lipinski definition) is 7. The van der Waals surface area contributed by atoms with Gasteiger partial charge < -0.3 is 24.5 Å². The van der Waals surface area contributed by atoms with Crippen LogP contribution >= 0.6 is 11.6 Å². The highest BCUT2D eigenvalue weighted by atomic mass is 35.5. The average Bonchev–Trinajstić information content (AvgIpc) is 3.08. The number of nitrogens with zero attached hydrogens (tertiary/aromatic N) is 5. The second kappa shape index (κ2) is 9.36. The van der Waals surface area contributed by atoms with Gasteiger partial charge in [-0.1, -0.05) is 36.4 Å². The summed E-state index contributed by atoms with van der Waals surface area (Å²) in [6.45, 7) is 8.97. The maximum absolute atomic E-state index is 14.1. The predicted molar refractivity (Wildman–Crippen MR) is 139 cm³/mol. The Labute approximate surface area is 220 Å². The number of ether oxygens (including phenoxy) is 1. The molecule has 1 aromatic heterocycles. The number of benzene rings is 1. The van der Waals surface area contributed by atoms with Gasteiger partial charge in [-0.2, -0.15) is 5.26 Å². The average molecular weight is 522 g/mol. The van der Waals surface area contributed by atoms with Crippen molar-refractivity contribution in [2.45, 2.75) is 38.0 Å². The van der Waals surface area contributed by atoms with E-state index in [0.29, 0.717) is 48.7 Å². The molecule has 0 bridgehead atoms. The van der Waals surface area contributed by atoms with E-state index < -0.39 is 11.6 Å². The molecule has 4 heterocycles. The molecule has 1 aromatic carbocycles. The minimum atomic E-state index is -0.596. The Morgan fingerprint density at radius 2 is 2.08 bits per heavy atom. The van der Waals surface area contributed by atoms with Gasteiger partial charge in [0, 0.05) is 37.3 Å². The Kier molecular flexibility index (Phi) is 6.34. The van der Waals surface area contributed by atoms with E-state index in [1.807, 2.05) is 18.7 Å². The molecule has 9 nitrogen and oxygen atoms in total. The van der Waals surface area contributed by atoms with Crippen molar-refractivity contribution >= 4 is 29.2 Å². The quantitative estimate of drug-likeness (QED) is 0.618. The molecule has 1 N–H and O–H groups in total. The van der Waals surface area contributed by atoms with Crippen LogP contribution in [-0.4, -0.2) is 82.2 Å². The first kappa shape index (κ1) is 25.1. The van der Waals surface area contributed by atoms with Crippen molar-refractivity contribution < 1.29 is 19.4 Å². The fraction of sp³-hybridized carbons (Fsp3) is 0.407. The first-order valence-corrected chi connectivity index (χ1v) is 12.6. The van der Waals surface area contributed by atoms with Crippen molar-refractivity contribution in [2.24, 2.45) is 0 Å². The molecule has 0 spiro atoms. The van der Waals surface area contributed by atoms with Crippen LogP contribution in [0.25, 0.3) is 11.3 Å². The van der Waals surface area contributed by atoms with Crippen molar-refractivity contribution in [1.29, 1.82) is 5.26 Å². The molecule has 2 saturated heterocycles. The number of β-amino-alcohol motifs (C(OH)–C–C–N with tert-alkyl or cyclic N) is 1.